The molecular formula is C20H24ClN3O. The standard InChI is InChI=1S/C20H24ClN3O/c1-23-10-12-24(13-11-23)18-8-6-16(7-9-18)15-22-20(25)14-17-4-2-3-5-19(17)21/h2-9H,10-15H2,1H3,(H,22,25). The molecular weight excluding hydrogens is 334 g/mol. The Morgan fingerprint density at radius 3 is 2.40 bits per heavy atom. The van der Waals surface area contributed by atoms with Crippen LogP contribution in [0.3, 0.4) is 0 Å². The topological polar surface area (TPSA) is 35.6 Å². The zero-order chi connectivity index (χ0) is 17.6. The molecule has 0 radical (unpaired) electrons. The van der Waals surface area contributed by atoms with Gasteiger partial charge in [0, 0.05) is 43.4 Å². The number of carbonyl (C=O) groups is 1. The van der Waals surface area contributed by atoms with Gasteiger partial charge in [-0.1, -0.05) is 41.9 Å². The molecule has 5 heteroatoms. The van der Waals surface area contributed by atoms with Crippen LogP contribution in [0.25, 0.3) is 0 Å². The van der Waals surface area contributed by atoms with Crippen LogP contribution in [0.15, 0.2) is 48.5 Å². The van der Waals surface area contributed by atoms with Gasteiger partial charge in [-0.2, -0.15) is 0 Å². The summed E-state index contributed by atoms with van der Waals surface area (Å²) in [7, 11) is 2.16. The second-order valence-corrected chi connectivity index (χ2v) is 6.91. The number of nitrogens with zero attached hydrogens (tertiary/aromatic N) is 2. The number of hydrogen-bond donors (Lipinski definition) is 1. The van der Waals surface area contributed by atoms with Gasteiger partial charge in [0.2, 0.25) is 5.91 Å². The van der Waals surface area contributed by atoms with Crippen LogP contribution >= 0.6 is 11.6 Å². The molecule has 3 rings (SSSR count). The largest absolute Gasteiger partial charge is 0.369 e. The van der Waals surface area contributed by atoms with Crippen LogP contribution < -0.4 is 10.2 Å². The van der Waals surface area contributed by atoms with Gasteiger partial charge in [0.15, 0.2) is 0 Å². The minimum Gasteiger partial charge on any atom is -0.369 e. The van der Waals surface area contributed by atoms with Gasteiger partial charge >= 0.3 is 0 Å². The Hall–Kier alpha value is -2.04. The van der Waals surface area contributed by atoms with Crippen molar-refractivity contribution in [2.24, 2.45) is 0 Å². The van der Waals surface area contributed by atoms with Crippen LogP contribution in [0.1, 0.15) is 11.1 Å². The second kappa shape index (κ2) is 8.37. The SMILES string of the molecule is CN1CCN(c2ccc(CNC(=O)Cc3ccccc3Cl)cc2)CC1. The lowest BCUT2D eigenvalue weighted by molar-refractivity contribution is -0.120. The van der Waals surface area contributed by atoms with Crippen LogP contribution in [0, 0.1) is 0 Å². The summed E-state index contributed by atoms with van der Waals surface area (Å²) >= 11 is 6.10. The molecule has 0 bridgehead atoms. The Kier molecular flexibility index (Phi) is 5.95. The Labute approximate surface area is 154 Å². The molecule has 0 aromatic heterocycles. The molecule has 2 aromatic carbocycles. The zero-order valence-corrected chi connectivity index (χ0v) is 15.3. The van der Waals surface area contributed by atoms with E-state index in [0.29, 0.717) is 18.0 Å². The first-order chi connectivity index (χ1) is 12.1. The molecule has 25 heavy (non-hydrogen) atoms. The lowest BCUT2D eigenvalue weighted by Gasteiger charge is -2.34. The number of hydrogen-bond acceptors (Lipinski definition) is 3. The molecule has 1 heterocycles. The first-order valence-corrected chi connectivity index (χ1v) is 9.02. The highest BCUT2D eigenvalue weighted by Gasteiger charge is 2.14. The van der Waals surface area contributed by atoms with Gasteiger partial charge < -0.3 is 15.1 Å². The van der Waals surface area contributed by atoms with E-state index >= 15 is 0 Å². The predicted octanol–water partition coefficient (Wildman–Crippen LogP) is 2.95. The maximum absolute atomic E-state index is 12.1. The van der Waals surface area contributed by atoms with E-state index in [0.717, 1.165) is 37.3 Å². The van der Waals surface area contributed by atoms with Crippen molar-refractivity contribution in [1.29, 1.82) is 0 Å². The van der Waals surface area contributed by atoms with E-state index in [-0.39, 0.29) is 5.91 Å². The Bertz CT molecular complexity index is 709. The quantitative estimate of drug-likeness (QED) is 0.893. The first-order valence-electron chi connectivity index (χ1n) is 8.64. The third-order valence-electron chi connectivity index (χ3n) is 4.60. The summed E-state index contributed by atoms with van der Waals surface area (Å²) in [6.45, 7) is 4.85. The van der Waals surface area contributed by atoms with Crippen molar-refractivity contribution >= 4 is 23.2 Å². The van der Waals surface area contributed by atoms with Crippen molar-refractivity contribution in [2.75, 3.05) is 38.1 Å². The number of amides is 1. The number of anilines is 1. The van der Waals surface area contributed by atoms with E-state index in [1.165, 1.54) is 5.69 Å². The fourth-order valence-electron chi connectivity index (χ4n) is 2.97. The second-order valence-electron chi connectivity index (χ2n) is 6.50. The van der Waals surface area contributed by atoms with Crippen molar-refractivity contribution in [3.63, 3.8) is 0 Å². The number of likely N-dealkylation sites (N-methyl/N-ethyl adjacent to an activating group) is 1. The predicted molar refractivity (Wildman–Crippen MR) is 103 cm³/mol. The molecule has 4 nitrogen and oxygen atoms in total. The molecule has 1 fully saturated rings. The van der Waals surface area contributed by atoms with E-state index in [1.54, 1.807) is 6.07 Å². The Balaban J connectivity index is 1.50. The van der Waals surface area contributed by atoms with Crippen LogP contribution in [0.5, 0.6) is 0 Å². The molecule has 1 saturated heterocycles. The Morgan fingerprint density at radius 1 is 1.04 bits per heavy atom. The molecule has 0 saturated carbocycles. The maximum atomic E-state index is 12.1. The average Bonchev–Trinajstić information content (AvgIpc) is 2.63. The van der Waals surface area contributed by atoms with E-state index in [4.69, 9.17) is 11.6 Å². The van der Waals surface area contributed by atoms with E-state index < -0.39 is 0 Å². The lowest BCUT2D eigenvalue weighted by Crippen LogP contribution is -2.44. The molecule has 132 valence electrons. The first kappa shape index (κ1) is 17.8. The number of carbonyl (C=O) groups excluding carboxylic acids is 1. The van der Waals surface area contributed by atoms with Crippen LogP contribution in [0.2, 0.25) is 5.02 Å². The fourth-order valence-corrected chi connectivity index (χ4v) is 3.17. The van der Waals surface area contributed by atoms with Crippen molar-refractivity contribution in [2.45, 2.75) is 13.0 Å². The van der Waals surface area contributed by atoms with Gasteiger partial charge in [0.25, 0.3) is 0 Å². The number of rotatable bonds is 5. The highest BCUT2D eigenvalue weighted by molar-refractivity contribution is 6.31. The molecule has 1 amide bonds. The number of halogens is 1. The van der Waals surface area contributed by atoms with Crippen molar-refractivity contribution in [1.82, 2.24) is 10.2 Å². The molecule has 2 aromatic rings. The van der Waals surface area contributed by atoms with E-state index in [2.05, 4.69) is 46.4 Å². The summed E-state index contributed by atoms with van der Waals surface area (Å²) in [6, 6.07) is 15.9. The smallest absolute Gasteiger partial charge is 0.224 e. The third kappa shape index (κ3) is 4.97. The summed E-state index contributed by atoms with van der Waals surface area (Å²) in [5, 5.41) is 3.60. The fraction of sp³-hybridized carbons (Fsp3) is 0.350. The minimum absolute atomic E-state index is 0.0174. The van der Waals surface area contributed by atoms with Gasteiger partial charge in [-0.3, -0.25) is 4.79 Å². The highest BCUT2D eigenvalue weighted by Crippen LogP contribution is 2.17. The zero-order valence-electron chi connectivity index (χ0n) is 14.5. The van der Waals surface area contributed by atoms with Gasteiger partial charge in [-0.25, -0.2) is 0 Å². The molecule has 0 unspecified atom stereocenters. The number of piperazine rings is 1. The summed E-state index contributed by atoms with van der Waals surface area (Å²) in [5.41, 5.74) is 3.21. The normalized spacial score (nSPS) is 15.2. The van der Waals surface area contributed by atoms with Crippen molar-refractivity contribution in [3.8, 4) is 0 Å². The van der Waals surface area contributed by atoms with Crippen LogP contribution in [-0.2, 0) is 17.8 Å². The van der Waals surface area contributed by atoms with Crippen LogP contribution in [0.4, 0.5) is 5.69 Å². The van der Waals surface area contributed by atoms with E-state index in [1.807, 2.05) is 18.2 Å². The van der Waals surface area contributed by atoms with Gasteiger partial charge in [0.1, 0.15) is 0 Å². The highest BCUT2D eigenvalue weighted by atomic mass is 35.5. The molecule has 0 atom stereocenters. The minimum atomic E-state index is -0.0174. The number of benzene rings is 2. The van der Waals surface area contributed by atoms with Crippen molar-refractivity contribution in [3.05, 3.63) is 64.7 Å². The molecule has 1 N–H and O–H groups in total. The third-order valence-corrected chi connectivity index (χ3v) is 4.97. The summed E-state index contributed by atoms with van der Waals surface area (Å²) in [5.74, 6) is -0.0174. The summed E-state index contributed by atoms with van der Waals surface area (Å²) in [6.07, 6.45) is 0.305. The molecule has 1 aliphatic heterocycles. The van der Waals surface area contributed by atoms with Gasteiger partial charge in [0.05, 0.1) is 6.42 Å². The summed E-state index contributed by atoms with van der Waals surface area (Å²) in [4.78, 5) is 16.8. The van der Waals surface area contributed by atoms with Gasteiger partial charge in [-0.15, -0.1) is 0 Å². The molecule has 0 aliphatic carbocycles. The number of nitrogens with one attached hydrogen (secondary N) is 1. The monoisotopic (exact) mass is 357 g/mol. The maximum Gasteiger partial charge on any atom is 0.224 e. The average molecular weight is 358 g/mol. The van der Waals surface area contributed by atoms with E-state index in [9.17, 15) is 4.79 Å². The van der Waals surface area contributed by atoms with Gasteiger partial charge in [-0.05, 0) is 36.4 Å². The Morgan fingerprint density at radius 2 is 1.72 bits per heavy atom. The molecule has 1 aliphatic rings. The van der Waals surface area contributed by atoms with Crippen molar-refractivity contribution < 1.29 is 4.79 Å². The molecule has 0 spiro atoms. The van der Waals surface area contributed by atoms with Crippen LogP contribution in [-0.4, -0.2) is 44.0 Å². The summed E-state index contributed by atoms with van der Waals surface area (Å²) < 4.78 is 0. The lowest BCUT2D eigenvalue weighted by atomic mass is 10.1.